The molecule has 30 heavy (non-hydrogen) atoms. The van der Waals surface area contributed by atoms with Crippen molar-refractivity contribution in [2.24, 2.45) is 0 Å². The van der Waals surface area contributed by atoms with Gasteiger partial charge in [0, 0.05) is 6.07 Å². The van der Waals surface area contributed by atoms with Gasteiger partial charge in [0.2, 0.25) is 0 Å². The lowest BCUT2D eigenvalue weighted by molar-refractivity contribution is -0.385. The standard InChI is InChI=1S/C20H16F4N2O4/c1-7(2)9-5-6-10(26(29)30)11(8(3)4)18(9)25-19(27)12-13(20(25)28)15(22)17(24)16(23)14(12)21/h5-8H,1-4H3. The molecule has 1 heterocycles. The molecule has 0 aromatic heterocycles. The SMILES string of the molecule is CC(C)c1ccc([N+](=O)[O-])c(C(C)C)c1N1C(=O)c2c(F)c(F)c(F)c(F)c2C1=O. The Morgan fingerprint density at radius 3 is 1.67 bits per heavy atom. The summed E-state index contributed by atoms with van der Waals surface area (Å²) in [6.45, 7) is 6.53. The number of hydrogen-bond acceptors (Lipinski definition) is 4. The van der Waals surface area contributed by atoms with Crippen LogP contribution in [-0.2, 0) is 0 Å². The lowest BCUT2D eigenvalue weighted by Crippen LogP contribution is -2.32. The number of hydrogen-bond donors (Lipinski definition) is 0. The fraction of sp³-hybridized carbons (Fsp3) is 0.300. The topological polar surface area (TPSA) is 80.5 Å². The third kappa shape index (κ3) is 2.86. The Bertz CT molecular complexity index is 1080. The van der Waals surface area contributed by atoms with Crippen LogP contribution < -0.4 is 4.90 Å². The molecular weight excluding hydrogens is 408 g/mol. The van der Waals surface area contributed by atoms with Gasteiger partial charge in [-0.25, -0.2) is 22.5 Å². The third-order valence-electron chi connectivity index (χ3n) is 4.95. The molecule has 0 radical (unpaired) electrons. The van der Waals surface area contributed by atoms with E-state index in [1.54, 1.807) is 27.7 Å². The van der Waals surface area contributed by atoms with Crippen LogP contribution in [0.25, 0.3) is 0 Å². The van der Waals surface area contributed by atoms with E-state index in [-0.39, 0.29) is 17.2 Å². The lowest BCUT2D eigenvalue weighted by atomic mass is 9.90. The van der Waals surface area contributed by atoms with E-state index in [4.69, 9.17) is 0 Å². The van der Waals surface area contributed by atoms with Crippen molar-refractivity contribution in [1.82, 2.24) is 0 Å². The van der Waals surface area contributed by atoms with Crippen molar-refractivity contribution in [2.75, 3.05) is 4.90 Å². The zero-order valence-corrected chi connectivity index (χ0v) is 16.3. The molecule has 2 aromatic carbocycles. The molecule has 0 fully saturated rings. The number of amides is 2. The summed E-state index contributed by atoms with van der Waals surface area (Å²) in [5.41, 5.74) is -2.79. The number of fused-ring (bicyclic) bond motifs is 1. The Morgan fingerprint density at radius 1 is 0.833 bits per heavy atom. The second-order valence-electron chi connectivity index (χ2n) is 7.45. The highest BCUT2D eigenvalue weighted by atomic mass is 19.2. The Labute approximate surface area is 168 Å². The second kappa shape index (κ2) is 7.19. The number of carbonyl (C=O) groups is 2. The minimum absolute atomic E-state index is 0.0116. The molecule has 2 amide bonds. The highest BCUT2D eigenvalue weighted by Gasteiger charge is 2.47. The first kappa shape index (κ1) is 21.4. The van der Waals surface area contributed by atoms with E-state index in [0.717, 1.165) is 0 Å². The summed E-state index contributed by atoms with van der Waals surface area (Å²) in [5.74, 6) is -12.2. The molecular formula is C20H16F4N2O4. The maximum absolute atomic E-state index is 14.3. The molecule has 1 aliphatic heterocycles. The van der Waals surface area contributed by atoms with Gasteiger partial charge in [-0.3, -0.25) is 19.7 Å². The van der Waals surface area contributed by atoms with E-state index in [2.05, 4.69) is 0 Å². The quantitative estimate of drug-likeness (QED) is 0.169. The normalized spacial score (nSPS) is 13.6. The maximum Gasteiger partial charge on any atom is 0.274 e. The molecule has 0 atom stereocenters. The van der Waals surface area contributed by atoms with Gasteiger partial charge in [-0.2, -0.15) is 0 Å². The zero-order valence-electron chi connectivity index (χ0n) is 16.3. The van der Waals surface area contributed by atoms with E-state index < -0.39 is 62.7 Å². The molecule has 0 unspecified atom stereocenters. The molecule has 158 valence electrons. The molecule has 0 spiro atoms. The fourth-order valence-electron chi connectivity index (χ4n) is 3.61. The number of nitrogens with zero attached hydrogens (tertiary/aromatic N) is 2. The summed E-state index contributed by atoms with van der Waals surface area (Å²) in [6.07, 6.45) is 0. The number of benzene rings is 2. The molecule has 10 heteroatoms. The van der Waals surface area contributed by atoms with Crippen LogP contribution in [0, 0.1) is 33.4 Å². The van der Waals surface area contributed by atoms with Crippen LogP contribution in [0.2, 0.25) is 0 Å². The Morgan fingerprint density at radius 2 is 1.30 bits per heavy atom. The number of anilines is 1. The van der Waals surface area contributed by atoms with Gasteiger partial charge in [0.05, 0.1) is 27.3 Å². The zero-order chi connectivity index (χ0) is 22.7. The average molecular weight is 424 g/mol. The Kier molecular flexibility index (Phi) is 5.13. The highest BCUT2D eigenvalue weighted by Crippen LogP contribution is 2.44. The fourth-order valence-corrected chi connectivity index (χ4v) is 3.61. The van der Waals surface area contributed by atoms with Crippen molar-refractivity contribution in [3.63, 3.8) is 0 Å². The van der Waals surface area contributed by atoms with Crippen LogP contribution in [0.5, 0.6) is 0 Å². The molecule has 1 aliphatic rings. The first-order chi connectivity index (χ1) is 13.9. The first-order valence-corrected chi connectivity index (χ1v) is 8.97. The van der Waals surface area contributed by atoms with Crippen LogP contribution >= 0.6 is 0 Å². The molecule has 0 bridgehead atoms. The van der Waals surface area contributed by atoms with E-state index in [0.29, 0.717) is 10.5 Å². The summed E-state index contributed by atoms with van der Waals surface area (Å²) in [6, 6.07) is 2.55. The van der Waals surface area contributed by atoms with Crippen molar-refractivity contribution < 1.29 is 32.1 Å². The third-order valence-corrected chi connectivity index (χ3v) is 4.95. The summed E-state index contributed by atoms with van der Waals surface area (Å²) in [7, 11) is 0. The van der Waals surface area contributed by atoms with E-state index >= 15 is 0 Å². The van der Waals surface area contributed by atoms with Crippen molar-refractivity contribution in [3.8, 4) is 0 Å². The van der Waals surface area contributed by atoms with Gasteiger partial charge in [-0.1, -0.05) is 27.7 Å². The number of imide groups is 1. The second-order valence-corrected chi connectivity index (χ2v) is 7.45. The van der Waals surface area contributed by atoms with Crippen molar-refractivity contribution in [3.05, 3.63) is 67.8 Å². The van der Waals surface area contributed by atoms with Crippen LogP contribution in [-0.4, -0.2) is 16.7 Å². The van der Waals surface area contributed by atoms with Gasteiger partial charge in [0.15, 0.2) is 23.3 Å². The predicted octanol–water partition coefficient (Wildman–Crippen LogP) is 5.20. The molecule has 0 saturated carbocycles. The van der Waals surface area contributed by atoms with Crippen molar-refractivity contribution in [1.29, 1.82) is 0 Å². The van der Waals surface area contributed by atoms with Crippen LogP contribution in [0.1, 0.15) is 71.4 Å². The monoisotopic (exact) mass is 424 g/mol. The van der Waals surface area contributed by atoms with Crippen LogP contribution in [0.15, 0.2) is 12.1 Å². The van der Waals surface area contributed by atoms with Gasteiger partial charge in [-0.05, 0) is 23.5 Å². The van der Waals surface area contributed by atoms with Crippen molar-refractivity contribution in [2.45, 2.75) is 39.5 Å². The number of nitro groups is 1. The number of nitro benzene ring substituents is 1. The Hall–Kier alpha value is -3.30. The van der Waals surface area contributed by atoms with E-state index in [1.807, 2.05) is 0 Å². The molecule has 3 rings (SSSR count). The molecule has 2 aromatic rings. The number of halogens is 4. The molecule has 0 N–H and O–H groups in total. The van der Waals surface area contributed by atoms with E-state index in [9.17, 15) is 37.3 Å². The predicted molar refractivity (Wildman–Crippen MR) is 98.7 cm³/mol. The number of carbonyl (C=O) groups excluding carboxylic acids is 2. The first-order valence-electron chi connectivity index (χ1n) is 8.97. The summed E-state index contributed by atoms with van der Waals surface area (Å²) in [4.78, 5) is 37.0. The summed E-state index contributed by atoms with van der Waals surface area (Å²) < 4.78 is 56.0. The average Bonchev–Trinajstić information content (AvgIpc) is 2.93. The molecule has 0 aliphatic carbocycles. The maximum atomic E-state index is 14.3. The van der Waals surface area contributed by atoms with Gasteiger partial charge >= 0.3 is 0 Å². The number of rotatable bonds is 4. The minimum atomic E-state index is -2.22. The van der Waals surface area contributed by atoms with Gasteiger partial charge in [0.1, 0.15) is 0 Å². The van der Waals surface area contributed by atoms with Gasteiger partial charge in [-0.15, -0.1) is 0 Å². The smallest absolute Gasteiger partial charge is 0.268 e. The Balaban J connectivity index is 2.42. The van der Waals surface area contributed by atoms with Crippen LogP contribution in [0.4, 0.5) is 28.9 Å². The van der Waals surface area contributed by atoms with Gasteiger partial charge < -0.3 is 0 Å². The van der Waals surface area contributed by atoms with E-state index in [1.165, 1.54) is 12.1 Å². The molecule has 0 saturated heterocycles. The van der Waals surface area contributed by atoms with Crippen LogP contribution in [0.3, 0.4) is 0 Å². The highest BCUT2D eigenvalue weighted by molar-refractivity contribution is 6.35. The minimum Gasteiger partial charge on any atom is -0.268 e. The lowest BCUT2D eigenvalue weighted by Gasteiger charge is -2.25. The summed E-state index contributed by atoms with van der Waals surface area (Å²) >= 11 is 0. The largest absolute Gasteiger partial charge is 0.274 e. The van der Waals surface area contributed by atoms with Gasteiger partial charge in [0.25, 0.3) is 17.5 Å². The summed E-state index contributed by atoms with van der Waals surface area (Å²) in [5, 5.41) is 11.6. The van der Waals surface area contributed by atoms with Crippen molar-refractivity contribution >= 4 is 23.2 Å². The molecule has 6 nitrogen and oxygen atoms in total.